The van der Waals surface area contributed by atoms with Crippen molar-refractivity contribution in [3.63, 3.8) is 0 Å². The summed E-state index contributed by atoms with van der Waals surface area (Å²) in [6, 6.07) is 5.10. The van der Waals surface area contributed by atoms with Gasteiger partial charge in [0, 0.05) is 20.0 Å². The number of carbonyl (C=O) groups excluding carboxylic acids is 1. The monoisotopic (exact) mass is 380 g/mol. The molecule has 0 amide bonds. The van der Waals surface area contributed by atoms with Crippen molar-refractivity contribution < 1.29 is 29.6 Å². The molecule has 0 heterocycles. The summed E-state index contributed by atoms with van der Waals surface area (Å²) in [4.78, 5) is 12.2. The SMILES string of the molecule is COc1cc(CC[C@H](O)CC(=O)CC[C@@H]2CC[C@H](O)[C@H](OC)C2)ccc1O. The lowest BCUT2D eigenvalue weighted by Gasteiger charge is -2.32. The number of hydrogen-bond acceptors (Lipinski definition) is 6. The van der Waals surface area contributed by atoms with Crippen LogP contribution in [0.5, 0.6) is 11.5 Å². The van der Waals surface area contributed by atoms with Crippen LogP contribution in [0.4, 0.5) is 0 Å². The van der Waals surface area contributed by atoms with Crippen molar-refractivity contribution in [1.29, 1.82) is 0 Å². The predicted octanol–water partition coefficient (Wildman–Crippen LogP) is 2.61. The number of aliphatic hydroxyl groups is 2. The Morgan fingerprint density at radius 3 is 2.78 bits per heavy atom. The van der Waals surface area contributed by atoms with E-state index in [1.807, 2.05) is 0 Å². The van der Waals surface area contributed by atoms with Crippen LogP contribution in [0.15, 0.2) is 18.2 Å². The van der Waals surface area contributed by atoms with Gasteiger partial charge in [-0.2, -0.15) is 0 Å². The molecule has 2 rings (SSSR count). The second-order valence-electron chi connectivity index (χ2n) is 7.50. The number of aromatic hydroxyl groups is 1. The lowest BCUT2D eigenvalue weighted by Crippen LogP contribution is -2.35. The van der Waals surface area contributed by atoms with E-state index in [2.05, 4.69) is 0 Å². The first kappa shape index (κ1) is 21.7. The van der Waals surface area contributed by atoms with Gasteiger partial charge in [-0.25, -0.2) is 0 Å². The maximum absolute atomic E-state index is 12.2. The van der Waals surface area contributed by atoms with Crippen LogP contribution in [-0.4, -0.2) is 53.6 Å². The molecule has 1 aromatic rings. The van der Waals surface area contributed by atoms with Crippen molar-refractivity contribution in [2.45, 2.75) is 69.7 Å². The van der Waals surface area contributed by atoms with Crippen molar-refractivity contribution in [2.75, 3.05) is 14.2 Å². The van der Waals surface area contributed by atoms with Crippen LogP contribution < -0.4 is 4.74 Å². The number of ketones is 1. The molecule has 0 spiro atoms. The van der Waals surface area contributed by atoms with Crippen LogP contribution >= 0.6 is 0 Å². The van der Waals surface area contributed by atoms with Crippen LogP contribution in [0.3, 0.4) is 0 Å². The van der Waals surface area contributed by atoms with Crippen molar-refractivity contribution in [3.05, 3.63) is 23.8 Å². The lowest BCUT2D eigenvalue weighted by atomic mass is 9.82. The minimum Gasteiger partial charge on any atom is -0.504 e. The normalized spacial score (nSPS) is 23.8. The zero-order chi connectivity index (χ0) is 19.8. The van der Waals surface area contributed by atoms with Gasteiger partial charge in [-0.1, -0.05) is 6.07 Å². The third-order valence-electron chi connectivity index (χ3n) is 5.47. The molecule has 152 valence electrons. The highest BCUT2D eigenvalue weighted by Crippen LogP contribution is 2.30. The second-order valence-corrected chi connectivity index (χ2v) is 7.50. The van der Waals surface area contributed by atoms with Gasteiger partial charge in [0.25, 0.3) is 0 Å². The van der Waals surface area contributed by atoms with Crippen molar-refractivity contribution in [2.24, 2.45) is 5.92 Å². The maximum atomic E-state index is 12.2. The number of rotatable bonds is 10. The lowest BCUT2D eigenvalue weighted by molar-refractivity contribution is -0.121. The van der Waals surface area contributed by atoms with Crippen molar-refractivity contribution >= 4 is 5.78 Å². The first-order valence-electron chi connectivity index (χ1n) is 9.69. The van der Waals surface area contributed by atoms with Crippen LogP contribution in [0.25, 0.3) is 0 Å². The summed E-state index contributed by atoms with van der Waals surface area (Å²) in [7, 11) is 3.11. The van der Waals surface area contributed by atoms with E-state index >= 15 is 0 Å². The average Bonchev–Trinajstić information content (AvgIpc) is 2.66. The number of ether oxygens (including phenoxy) is 2. The zero-order valence-electron chi connectivity index (χ0n) is 16.3. The Morgan fingerprint density at radius 1 is 1.30 bits per heavy atom. The van der Waals surface area contributed by atoms with Gasteiger partial charge < -0.3 is 24.8 Å². The van der Waals surface area contributed by atoms with Gasteiger partial charge in [-0.05, 0) is 62.1 Å². The Balaban J connectivity index is 1.69. The number of benzene rings is 1. The van der Waals surface area contributed by atoms with Crippen LogP contribution in [-0.2, 0) is 16.0 Å². The fraction of sp³-hybridized carbons (Fsp3) is 0.667. The number of carbonyl (C=O) groups is 1. The van der Waals surface area contributed by atoms with E-state index in [1.54, 1.807) is 25.3 Å². The highest BCUT2D eigenvalue weighted by atomic mass is 16.5. The number of phenolic OH excluding ortho intramolecular Hbond substituents is 1. The van der Waals surface area contributed by atoms with E-state index < -0.39 is 12.2 Å². The molecule has 1 aliphatic rings. The minimum atomic E-state index is -0.669. The highest BCUT2D eigenvalue weighted by Gasteiger charge is 2.29. The Kier molecular flexibility index (Phi) is 8.54. The second kappa shape index (κ2) is 10.6. The summed E-state index contributed by atoms with van der Waals surface area (Å²) in [6.45, 7) is 0. The van der Waals surface area contributed by atoms with Gasteiger partial charge in [0.15, 0.2) is 11.5 Å². The van der Waals surface area contributed by atoms with Crippen LogP contribution in [0.2, 0.25) is 0 Å². The van der Waals surface area contributed by atoms with Crippen LogP contribution in [0.1, 0.15) is 50.5 Å². The molecule has 0 bridgehead atoms. The van der Waals surface area contributed by atoms with E-state index in [0.29, 0.717) is 30.9 Å². The number of Topliss-reactive ketones (excluding diaryl/α,β-unsaturated/α-hetero) is 1. The van der Waals surface area contributed by atoms with Gasteiger partial charge in [0.2, 0.25) is 0 Å². The summed E-state index contributed by atoms with van der Waals surface area (Å²) in [5.41, 5.74) is 0.947. The summed E-state index contributed by atoms with van der Waals surface area (Å²) in [5, 5.41) is 29.6. The number of phenols is 1. The predicted molar refractivity (Wildman–Crippen MR) is 102 cm³/mol. The molecule has 27 heavy (non-hydrogen) atoms. The number of aliphatic hydroxyl groups excluding tert-OH is 2. The Bertz CT molecular complexity index is 602. The third-order valence-corrected chi connectivity index (χ3v) is 5.47. The molecule has 1 aromatic carbocycles. The first-order valence-corrected chi connectivity index (χ1v) is 9.69. The average molecular weight is 380 g/mol. The van der Waals surface area contributed by atoms with E-state index in [-0.39, 0.29) is 24.1 Å². The molecule has 0 unspecified atom stereocenters. The quantitative estimate of drug-likeness (QED) is 0.577. The molecule has 4 atom stereocenters. The maximum Gasteiger partial charge on any atom is 0.160 e. The number of aryl methyl sites for hydroxylation is 1. The molecule has 1 fully saturated rings. The smallest absolute Gasteiger partial charge is 0.160 e. The van der Waals surface area contributed by atoms with Gasteiger partial charge in [0.05, 0.1) is 25.4 Å². The van der Waals surface area contributed by atoms with Gasteiger partial charge in [-0.3, -0.25) is 4.79 Å². The topological polar surface area (TPSA) is 96.2 Å². The van der Waals surface area contributed by atoms with Gasteiger partial charge in [-0.15, -0.1) is 0 Å². The first-order chi connectivity index (χ1) is 12.9. The summed E-state index contributed by atoms with van der Waals surface area (Å²) in [6.07, 6.45) is 3.73. The fourth-order valence-electron chi connectivity index (χ4n) is 3.75. The summed E-state index contributed by atoms with van der Waals surface area (Å²) < 4.78 is 10.4. The van der Waals surface area contributed by atoms with Gasteiger partial charge in [0.1, 0.15) is 5.78 Å². The molecule has 0 aliphatic heterocycles. The van der Waals surface area contributed by atoms with Crippen molar-refractivity contribution in [1.82, 2.24) is 0 Å². The molecule has 0 radical (unpaired) electrons. The molecule has 1 saturated carbocycles. The van der Waals surface area contributed by atoms with E-state index in [9.17, 15) is 20.1 Å². The Hall–Kier alpha value is -1.63. The van der Waals surface area contributed by atoms with Gasteiger partial charge >= 0.3 is 0 Å². The Morgan fingerprint density at radius 2 is 2.07 bits per heavy atom. The van der Waals surface area contributed by atoms with Crippen LogP contribution in [0, 0.1) is 5.92 Å². The Labute approximate surface area is 161 Å². The molecule has 1 aliphatic carbocycles. The highest BCUT2D eigenvalue weighted by molar-refractivity contribution is 5.78. The van der Waals surface area contributed by atoms with E-state index in [0.717, 1.165) is 31.2 Å². The number of hydrogen-bond donors (Lipinski definition) is 3. The van der Waals surface area contributed by atoms with E-state index in [1.165, 1.54) is 7.11 Å². The minimum absolute atomic E-state index is 0.0749. The number of methoxy groups -OCH3 is 2. The molecule has 0 aromatic heterocycles. The van der Waals surface area contributed by atoms with E-state index in [4.69, 9.17) is 9.47 Å². The largest absolute Gasteiger partial charge is 0.504 e. The summed E-state index contributed by atoms with van der Waals surface area (Å²) in [5.74, 6) is 0.961. The molecule has 6 nitrogen and oxygen atoms in total. The standard InChI is InChI=1S/C21H32O6/c1-26-20-11-14(5-9-18(20)24)3-7-16(22)13-17(23)8-4-15-6-10-19(25)21(12-15)27-2/h5,9,11,15-16,19,21-22,24-25H,3-4,6-8,10,12-13H2,1-2H3/t15-,16+,19+,21-/m1/s1. The zero-order valence-corrected chi connectivity index (χ0v) is 16.3. The third kappa shape index (κ3) is 6.79. The molecule has 3 N–H and O–H groups in total. The molecule has 0 saturated heterocycles. The van der Waals surface area contributed by atoms with Crippen molar-refractivity contribution in [3.8, 4) is 11.5 Å². The molecular formula is C21H32O6. The fourth-order valence-corrected chi connectivity index (χ4v) is 3.75. The molecular weight excluding hydrogens is 348 g/mol. The summed E-state index contributed by atoms with van der Waals surface area (Å²) >= 11 is 0. The molecule has 6 heteroatoms.